The summed E-state index contributed by atoms with van der Waals surface area (Å²) in [7, 11) is 5.75. The number of anilines is 1. The maximum absolute atomic E-state index is 5.19. The van der Waals surface area contributed by atoms with E-state index in [1.807, 2.05) is 25.2 Å². The predicted octanol–water partition coefficient (Wildman–Crippen LogP) is 1.74. The van der Waals surface area contributed by atoms with Gasteiger partial charge in [0.1, 0.15) is 5.75 Å². The van der Waals surface area contributed by atoms with Crippen LogP contribution in [-0.2, 0) is 0 Å². The summed E-state index contributed by atoms with van der Waals surface area (Å²) in [6, 6.07) is 8.57. The highest BCUT2D eigenvalue weighted by Crippen LogP contribution is 2.19. The third-order valence-corrected chi connectivity index (χ3v) is 2.53. The van der Waals surface area contributed by atoms with Crippen molar-refractivity contribution in [3.8, 4) is 5.75 Å². The van der Waals surface area contributed by atoms with Gasteiger partial charge in [-0.1, -0.05) is 6.07 Å². The van der Waals surface area contributed by atoms with Gasteiger partial charge in [-0.15, -0.1) is 0 Å². The number of benzene rings is 1. The summed E-state index contributed by atoms with van der Waals surface area (Å²) in [5, 5.41) is 3.22. The van der Waals surface area contributed by atoms with Crippen molar-refractivity contribution in [1.82, 2.24) is 5.32 Å². The molecule has 1 aromatic carbocycles. The topological polar surface area (TPSA) is 24.5 Å². The summed E-state index contributed by atoms with van der Waals surface area (Å²) in [6.45, 7) is 3.14. The van der Waals surface area contributed by atoms with Crippen LogP contribution in [0.15, 0.2) is 24.3 Å². The zero-order valence-corrected chi connectivity index (χ0v) is 9.95. The van der Waals surface area contributed by atoms with E-state index in [0.29, 0.717) is 6.04 Å². The number of hydrogen-bond donors (Lipinski definition) is 1. The zero-order chi connectivity index (χ0) is 11.3. The molecule has 0 saturated carbocycles. The first-order valence-corrected chi connectivity index (χ1v) is 5.20. The van der Waals surface area contributed by atoms with Gasteiger partial charge < -0.3 is 15.0 Å². The van der Waals surface area contributed by atoms with Crippen molar-refractivity contribution in [3.63, 3.8) is 0 Å². The average Bonchev–Trinajstić information content (AvgIpc) is 2.28. The van der Waals surface area contributed by atoms with E-state index in [-0.39, 0.29) is 0 Å². The van der Waals surface area contributed by atoms with Crippen LogP contribution in [0.5, 0.6) is 5.75 Å². The zero-order valence-electron chi connectivity index (χ0n) is 9.95. The summed E-state index contributed by atoms with van der Waals surface area (Å²) < 4.78 is 5.19. The molecule has 1 N–H and O–H groups in total. The third kappa shape index (κ3) is 3.44. The van der Waals surface area contributed by atoms with Crippen molar-refractivity contribution in [2.75, 3.05) is 32.6 Å². The van der Waals surface area contributed by atoms with E-state index in [9.17, 15) is 0 Å². The minimum absolute atomic E-state index is 0.473. The monoisotopic (exact) mass is 208 g/mol. The highest BCUT2D eigenvalue weighted by Gasteiger charge is 2.05. The first-order valence-electron chi connectivity index (χ1n) is 5.20. The second-order valence-corrected chi connectivity index (χ2v) is 3.77. The lowest BCUT2D eigenvalue weighted by Gasteiger charge is -2.23. The van der Waals surface area contributed by atoms with Crippen LogP contribution < -0.4 is 15.0 Å². The molecule has 0 fully saturated rings. The van der Waals surface area contributed by atoms with Crippen molar-refractivity contribution < 1.29 is 4.74 Å². The first-order chi connectivity index (χ1) is 7.17. The van der Waals surface area contributed by atoms with Gasteiger partial charge in [0.15, 0.2) is 0 Å². The van der Waals surface area contributed by atoms with Gasteiger partial charge >= 0.3 is 0 Å². The van der Waals surface area contributed by atoms with Crippen LogP contribution in [0.1, 0.15) is 6.92 Å². The molecule has 0 saturated heterocycles. The molecule has 0 bridgehead atoms. The van der Waals surface area contributed by atoms with Crippen LogP contribution in [0.25, 0.3) is 0 Å². The van der Waals surface area contributed by atoms with E-state index in [4.69, 9.17) is 4.74 Å². The molecule has 0 aliphatic heterocycles. The van der Waals surface area contributed by atoms with Crippen LogP contribution in [0, 0.1) is 0 Å². The smallest absolute Gasteiger partial charge is 0.120 e. The van der Waals surface area contributed by atoms with Gasteiger partial charge in [-0.3, -0.25) is 0 Å². The summed E-state index contributed by atoms with van der Waals surface area (Å²) in [5.74, 6) is 0.900. The van der Waals surface area contributed by atoms with Gasteiger partial charge in [-0.25, -0.2) is 0 Å². The summed E-state index contributed by atoms with van der Waals surface area (Å²) >= 11 is 0. The first kappa shape index (κ1) is 11.9. The Kier molecular flexibility index (Phi) is 4.43. The molecule has 0 aliphatic rings. The molecule has 15 heavy (non-hydrogen) atoms. The second-order valence-electron chi connectivity index (χ2n) is 3.77. The Morgan fingerprint density at radius 1 is 1.47 bits per heavy atom. The average molecular weight is 208 g/mol. The fourth-order valence-electron chi connectivity index (χ4n) is 1.46. The van der Waals surface area contributed by atoms with E-state index >= 15 is 0 Å². The molecule has 0 aliphatic carbocycles. The molecular formula is C12H20N2O. The molecular weight excluding hydrogens is 188 g/mol. The predicted molar refractivity (Wildman–Crippen MR) is 64.8 cm³/mol. The largest absolute Gasteiger partial charge is 0.497 e. The van der Waals surface area contributed by atoms with Crippen molar-refractivity contribution in [1.29, 1.82) is 0 Å². The van der Waals surface area contributed by atoms with E-state index < -0.39 is 0 Å². The molecule has 1 atom stereocenters. The van der Waals surface area contributed by atoms with Crippen molar-refractivity contribution in [2.45, 2.75) is 13.0 Å². The normalized spacial score (nSPS) is 12.3. The number of hydrogen-bond acceptors (Lipinski definition) is 3. The fraction of sp³-hybridized carbons (Fsp3) is 0.500. The molecule has 0 aromatic heterocycles. The van der Waals surface area contributed by atoms with Gasteiger partial charge in [0.2, 0.25) is 0 Å². The molecule has 1 rings (SSSR count). The summed E-state index contributed by atoms with van der Waals surface area (Å²) in [6.07, 6.45) is 0. The molecule has 1 aromatic rings. The Morgan fingerprint density at radius 2 is 2.20 bits per heavy atom. The van der Waals surface area contributed by atoms with Crippen molar-refractivity contribution in [3.05, 3.63) is 24.3 Å². The standard InChI is InChI=1S/C12H20N2O/c1-10(13-2)9-14(3)11-6-5-7-12(8-11)15-4/h5-8,10,13H,9H2,1-4H3. The fourth-order valence-corrected chi connectivity index (χ4v) is 1.46. The molecule has 0 spiro atoms. The minimum Gasteiger partial charge on any atom is -0.497 e. The second kappa shape index (κ2) is 5.61. The van der Waals surface area contributed by atoms with Gasteiger partial charge in [-0.2, -0.15) is 0 Å². The van der Waals surface area contributed by atoms with Crippen LogP contribution >= 0.6 is 0 Å². The van der Waals surface area contributed by atoms with Crippen molar-refractivity contribution in [2.24, 2.45) is 0 Å². The molecule has 1 unspecified atom stereocenters. The number of nitrogens with one attached hydrogen (secondary N) is 1. The number of nitrogens with zero attached hydrogens (tertiary/aromatic N) is 1. The van der Waals surface area contributed by atoms with Gasteiger partial charge in [-0.05, 0) is 26.1 Å². The van der Waals surface area contributed by atoms with Gasteiger partial charge in [0, 0.05) is 31.4 Å². The van der Waals surface area contributed by atoms with E-state index in [0.717, 1.165) is 12.3 Å². The quantitative estimate of drug-likeness (QED) is 0.797. The Labute approximate surface area is 92.0 Å². The van der Waals surface area contributed by atoms with Gasteiger partial charge in [0.25, 0.3) is 0 Å². The SMILES string of the molecule is CNC(C)CN(C)c1cccc(OC)c1. The van der Waals surface area contributed by atoms with Crippen LogP contribution in [-0.4, -0.2) is 33.8 Å². The van der Waals surface area contributed by atoms with Gasteiger partial charge in [0.05, 0.1) is 7.11 Å². The van der Waals surface area contributed by atoms with E-state index in [1.54, 1.807) is 7.11 Å². The van der Waals surface area contributed by atoms with Crippen molar-refractivity contribution >= 4 is 5.69 Å². The highest BCUT2D eigenvalue weighted by atomic mass is 16.5. The van der Waals surface area contributed by atoms with Crippen LogP contribution in [0.2, 0.25) is 0 Å². The lowest BCUT2D eigenvalue weighted by molar-refractivity contribution is 0.415. The van der Waals surface area contributed by atoms with E-state index in [1.165, 1.54) is 5.69 Å². The maximum Gasteiger partial charge on any atom is 0.120 e. The summed E-state index contributed by atoms with van der Waals surface area (Å²) in [4.78, 5) is 2.21. The molecule has 3 nitrogen and oxygen atoms in total. The Bertz CT molecular complexity index is 301. The molecule has 3 heteroatoms. The Morgan fingerprint density at radius 3 is 2.80 bits per heavy atom. The molecule has 0 heterocycles. The lowest BCUT2D eigenvalue weighted by Crippen LogP contribution is -2.35. The van der Waals surface area contributed by atoms with Crippen LogP contribution in [0.4, 0.5) is 5.69 Å². The maximum atomic E-state index is 5.19. The third-order valence-electron chi connectivity index (χ3n) is 2.53. The highest BCUT2D eigenvalue weighted by molar-refractivity contribution is 5.50. The molecule has 0 radical (unpaired) electrons. The summed E-state index contributed by atoms with van der Waals surface area (Å²) in [5.41, 5.74) is 1.18. The van der Waals surface area contributed by atoms with E-state index in [2.05, 4.69) is 30.3 Å². The number of methoxy groups -OCH3 is 1. The molecule has 0 amide bonds. The number of likely N-dealkylation sites (N-methyl/N-ethyl adjacent to an activating group) is 2. The lowest BCUT2D eigenvalue weighted by atomic mass is 10.2. The minimum atomic E-state index is 0.473. The Hall–Kier alpha value is -1.22. The van der Waals surface area contributed by atoms with Crippen LogP contribution in [0.3, 0.4) is 0 Å². The molecule has 84 valence electrons. The Balaban J connectivity index is 2.68. The number of ether oxygens (including phenoxy) is 1. The number of rotatable bonds is 5.